The lowest BCUT2D eigenvalue weighted by Gasteiger charge is -2.30. The van der Waals surface area contributed by atoms with Crippen LogP contribution in [0.5, 0.6) is 11.5 Å². The van der Waals surface area contributed by atoms with Crippen LogP contribution >= 0.6 is 11.6 Å². The van der Waals surface area contributed by atoms with Crippen LogP contribution in [0.15, 0.2) is 212 Å². The van der Waals surface area contributed by atoms with Crippen molar-refractivity contribution >= 4 is 108 Å². The number of H-pyrrole nitrogens is 3. The highest BCUT2D eigenvalue weighted by molar-refractivity contribution is 6.47. The number of nitrogens with zero attached hydrogens (tertiary/aromatic N) is 9. The van der Waals surface area contributed by atoms with E-state index in [9.17, 15) is 28.8 Å². The topological polar surface area (TPSA) is 247 Å². The van der Waals surface area contributed by atoms with E-state index in [1.165, 1.54) is 138 Å². The van der Waals surface area contributed by atoms with Gasteiger partial charge in [0.05, 0.1) is 70.8 Å². The minimum absolute atomic E-state index is 0.217. The van der Waals surface area contributed by atoms with Gasteiger partial charge in [-0.25, -0.2) is 19.6 Å². The summed E-state index contributed by atoms with van der Waals surface area (Å²) in [5, 5.41) is 6.32. The second-order valence-corrected chi connectivity index (χ2v) is 29.8. The number of amides is 3. The van der Waals surface area contributed by atoms with E-state index < -0.39 is 35.1 Å². The quantitative estimate of drug-likeness (QED) is 0.0692. The number of hydrogen-bond acceptors (Lipinski definition) is 13. The van der Waals surface area contributed by atoms with Gasteiger partial charge >= 0.3 is 0 Å². The molecule has 7 aromatic heterocycles. The molecule has 13 aromatic rings. The highest BCUT2D eigenvalue weighted by atomic mass is 35.5. The summed E-state index contributed by atoms with van der Waals surface area (Å²) in [6.45, 7) is 6.90. The Hall–Kier alpha value is -13.2. The zero-order chi connectivity index (χ0) is 78.3. The second kappa shape index (κ2) is 31.5. The molecule has 3 aliphatic heterocycles. The maximum absolute atomic E-state index is 13.7. The van der Waals surface area contributed by atoms with Crippen molar-refractivity contribution in [1.82, 2.24) is 59.4 Å². The van der Waals surface area contributed by atoms with Crippen molar-refractivity contribution in [3.8, 4) is 17.3 Å². The lowest BCUT2D eigenvalue weighted by molar-refractivity contribution is -0.127. The zero-order valence-electron chi connectivity index (χ0n) is 63.6. The fraction of sp³-hybridized carbons (Fsp3) is 0.215. The Morgan fingerprint density at radius 2 is 0.886 bits per heavy atom. The van der Waals surface area contributed by atoms with Gasteiger partial charge < -0.3 is 39.1 Å². The highest BCUT2D eigenvalue weighted by Crippen LogP contribution is 2.44. The maximum atomic E-state index is 13.7. The first-order valence-corrected chi connectivity index (χ1v) is 39.0. The molecule has 21 heteroatoms. The van der Waals surface area contributed by atoms with Crippen molar-refractivity contribution in [3.05, 3.63) is 312 Å². The third-order valence-corrected chi connectivity index (χ3v) is 23.2. The minimum atomic E-state index is -0.588. The van der Waals surface area contributed by atoms with Crippen molar-refractivity contribution < 1.29 is 38.2 Å². The van der Waals surface area contributed by atoms with Crippen LogP contribution < -0.4 is 9.47 Å². The molecule has 0 atom stereocenters. The molecule has 3 amide bonds. The Kier molecular flexibility index (Phi) is 20.3. The molecule has 10 heterocycles. The third-order valence-electron chi connectivity index (χ3n) is 22.9. The van der Waals surface area contributed by atoms with Crippen LogP contribution in [0.3, 0.4) is 0 Å². The predicted octanol–water partition coefficient (Wildman–Crippen LogP) is 16.2. The van der Waals surface area contributed by atoms with E-state index in [0.717, 1.165) is 55.1 Å². The first kappa shape index (κ1) is 73.6. The van der Waals surface area contributed by atoms with Gasteiger partial charge in [-0.1, -0.05) is 186 Å². The van der Waals surface area contributed by atoms with Gasteiger partial charge in [-0.15, -0.1) is 0 Å². The van der Waals surface area contributed by atoms with E-state index in [-0.39, 0.29) is 16.3 Å². The number of aromatic nitrogens is 9. The monoisotopic (exact) mass is 1530 g/mol. The van der Waals surface area contributed by atoms with E-state index in [0.29, 0.717) is 115 Å². The molecular weight excluding hydrogens is 1450 g/mol. The SMILES string of the molecule is COc1cnc(-n2cnc(C)n2)c2[nH]cc(C(=O)C(=O)N3CCC(=C4c5ccccc5C=Cc5ccccc54)CC3)c12.COc1cnc(Cl)c2[nH]cc(C(=O)C(=O)N3CCC(=C4c5ccc(C)cc5CCc5cccnc54)CC3)c12.O=C(C(=O)N1CCC(=C2c3ccccc3CCc3ccccc32)CC1)c1c[nH]c2ccccc12. The molecule has 3 saturated heterocycles. The van der Waals surface area contributed by atoms with E-state index in [1.54, 1.807) is 40.3 Å². The summed E-state index contributed by atoms with van der Waals surface area (Å²) < 4.78 is 12.4. The number of methoxy groups -OCH3 is 2. The van der Waals surface area contributed by atoms with Gasteiger partial charge in [0.15, 0.2) is 11.0 Å². The molecular formula is C93H81ClN12O8. The van der Waals surface area contributed by atoms with Gasteiger partial charge in [0, 0.05) is 80.5 Å². The summed E-state index contributed by atoms with van der Waals surface area (Å²) in [6, 6.07) is 52.7. The number of carbonyl (C=O) groups is 6. The number of halogens is 1. The average Bonchev–Trinajstić information content (AvgIpc) is 1.57. The number of Topliss-reactive ketones (excluding diaryl/α,β-unsaturated/α-hetero) is 3. The Labute approximate surface area is 663 Å². The lowest BCUT2D eigenvalue weighted by Crippen LogP contribution is -2.40. The number of carbonyl (C=O) groups excluding carboxylic acids is 6. The first-order valence-electron chi connectivity index (χ1n) is 38.6. The van der Waals surface area contributed by atoms with Crippen LogP contribution in [-0.2, 0) is 40.1 Å². The zero-order valence-corrected chi connectivity index (χ0v) is 64.4. The Morgan fingerprint density at radius 1 is 0.430 bits per heavy atom. The minimum Gasteiger partial charge on any atom is -0.494 e. The Bertz CT molecular complexity index is 6090. The van der Waals surface area contributed by atoms with Gasteiger partial charge in [0.25, 0.3) is 35.1 Å². The number of ether oxygens (including phenoxy) is 2. The van der Waals surface area contributed by atoms with E-state index in [2.05, 4.69) is 175 Å². The van der Waals surface area contributed by atoms with Crippen molar-refractivity contribution in [2.75, 3.05) is 53.5 Å². The molecule has 6 aromatic carbocycles. The van der Waals surface area contributed by atoms with Crippen LogP contribution in [0.1, 0.15) is 148 Å². The van der Waals surface area contributed by atoms with E-state index in [1.807, 2.05) is 36.5 Å². The number of likely N-dealkylation sites (tertiary alicyclic amines) is 3. The largest absolute Gasteiger partial charge is 0.494 e. The number of rotatable bonds is 9. The molecule has 3 fully saturated rings. The van der Waals surface area contributed by atoms with Gasteiger partial charge in [-0.3, -0.25) is 33.8 Å². The summed E-state index contributed by atoms with van der Waals surface area (Å²) in [6.07, 6.45) is 23.7. The molecule has 568 valence electrons. The molecule has 114 heavy (non-hydrogen) atoms. The lowest BCUT2D eigenvalue weighted by atomic mass is 9.86. The standard InChI is InChI=1S/C33H28N6O3.C30H27ClN4O3.C30H26N2O2/c1-20-36-19-39(37-20)32-30-29(27(42-2)18-35-32)26(17-34-30)31(40)33(41)38-15-13-23(14-16-38)28-24-9-5-3-7-21(24)11-12-22-8-4-6-10-25(22)28;1-17-5-8-21-20(14-17)7-6-19-4-3-11-32-26(19)24(21)18-9-12-35(13-10-18)30(37)28(36)22-15-33-27-25(22)23(38-2)16-34-29(27)31;33-29(26-19-31-27-12-6-5-11-25(26)27)30(34)32-17-15-22(16-18-32)28-23-9-3-1-7-20(23)13-14-21-8-2-4-10-24(21)28/h3-12,17-19,34H,13-16H2,1-2H3;3-5,8,11,14-16,33H,6-7,9-10,12-13H2,1-2H3;1-12,19,31H,13-18H2. The smallest absolute Gasteiger partial charge is 0.295 e. The van der Waals surface area contributed by atoms with Gasteiger partial charge in [-0.2, -0.15) is 5.10 Å². The summed E-state index contributed by atoms with van der Waals surface area (Å²) in [5.41, 5.74) is 26.8. The summed E-state index contributed by atoms with van der Waals surface area (Å²) in [4.78, 5) is 112. The summed E-state index contributed by atoms with van der Waals surface area (Å²) in [7, 11) is 3.00. The molecule has 0 unspecified atom stereocenters. The molecule has 0 saturated carbocycles. The number of ketones is 3. The number of aryl methyl sites for hydroxylation is 6. The molecule has 19 rings (SSSR count). The molecule has 0 spiro atoms. The number of hydrogen-bond donors (Lipinski definition) is 3. The fourth-order valence-electron chi connectivity index (χ4n) is 17.2. The first-order chi connectivity index (χ1) is 55.7. The third kappa shape index (κ3) is 13.9. The highest BCUT2D eigenvalue weighted by Gasteiger charge is 2.36. The van der Waals surface area contributed by atoms with Crippen LogP contribution in [-0.4, -0.2) is 148 Å². The van der Waals surface area contributed by atoms with E-state index in [4.69, 9.17) is 26.1 Å². The number of fused-ring (bicyclic) bond motifs is 9. The maximum Gasteiger partial charge on any atom is 0.295 e. The Balaban J connectivity index is 0.000000124. The van der Waals surface area contributed by atoms with Crippen LogP contribution in [0.4, 0.5) is 0 Å². The van der Waals surface area contributed by atoms with Gasteiger partial charge in [0.2, 0.25) is 0 Å². The number of piperidine rings is 3. The number of pyridine rings is 3. The van der Waals surface area contributed by atoms with Crippen LogP contribution in [0.25, 0.3) is 67.4 Å². The number of aromatic amines is 3. The van der Waals surface area contributed by atoms with Crippen molar-refractivity contribution in [2.45, 2.75) is 78.1 Å². The molecule has 3 aliphatic carbocycles. The molecule has 3 N–H and O–H groups in total. The summed E-state index contributed by atoms with van der Waals surface area (Å²) in [5.74, 6) is -1.23. The number of nitrogens with one attached hydrogen (secondary N) is 3. The van der Waals surface area contributed by atoms with Crippen LogP contribution in [0.2, 0.25) is 5.15 Å². The summed E-state index contributed by atoms with van der Waals surface area (Å²) >= 11 is 6.20. The number of benzene rings is 6. The fourth-order valence-corrected chi connectivity index (χ4v) is 17.4. The molecule has 0 radical (unpaired) electrons. The van der Waals surface area contributed by atoms with E-state index >= 15 is 0 Å². The Morgan fingerprint density at radius 3 is 1.46 bits per heavy atom. The van der Waals surface area contributed by atoms with Gasteiger partial charge in [-0.05, 0) is 163 Å². The van der Waals surface area contributed by atoms with Crippen molar-refractivity contribution in [3.63, 3.8) is 0 Å². The average molecular weight is 1530 g/mol. The van der Waals surface area contributed by atoms with Crippen molar-refractivity contribution in [1.29, 1.82) is 0 Å². The normalized spacial score (nSPS) is 15.0. The van der Waals surface area contributed by atoms with Crippen molar-refractivity contribution in [2.24, 2.45) is 0 Å². The molecule has 20 nitrogen and oxygen atoms in total. The molecule has 0 bridgehead atoms. The predicted molar refractivity (Wildman–Crippen MR) is 442 cm³/mol. The number of para-hydroxylation sites is 1. The molecule has 6 aliphatic rings. The van der Waals surface area contributed by atoms with Crippen LogP contribution in [0, 0.1) is 13.8 Å². The van der Waals surface area contributed by atoms with Gasteiger partial charge in [0.1, 0.15) is 23.7 Å². The second-order valence-electron chi connectivity index (χ2n) is 29.5.